The fourth-order valence-corrected chi connectivity index (χ4v) is 5.71. The predicted octanol–water partition coefficient (Wildman–Crippen LogP) is 2.57. The number of anilines is 1. The molecule has 3 unspecified atom stereocenters. The number of nitrogens with zero attached hydrogens (tertiary/aromatic N) is 3. The highest BCUT2D eigenvalue weighted by molar-refractivity contribution is 8.00. The normalized spacial score (nSPS) is 31.9. The summed E-state index contributed by atoms with van der Waals surface area (Å²) in [5.74, 6) is 3.73. The van der Waals surface area contributed by atoms with E-state index in [2.05, 4.69) is 17.1 Å². The van der Waals surface area contributed by atoms with Crippen LogP contribution in [-0.4, -0.2) is 41.4 Å². The first-order valence-corrected chi connectivity index (χ1v) is 9.11. The lowest BCUT2D eigenvalue weighted by Gasteiger charge is -2.33. The van der Waals surface area contributed by atoms with Crippen molar-refractivity contribution >= 4 is 17.6 Å². The molecule has 1 saturated heterocycles. The van der Waals surface area contributed by atoms with Crippen molar-refractivity contribution in [1.29, 1.82) is 0 Å². The Morgan fingerprint density at radius 1 is 1.19 bits per heavy atom. The maximum Gasteiger partial charge on any atom is 0.137 e. The monoisotopic (exact) mass is 304 g/mol. The number of rotatable bonds is 1. The van der Waals surface area contributed by atoms with Crippen LogP contribution in [0, 0.1) is 12.8 Å². The van der Waals surface area contributed by atoms with Crippen molar-refractivity contribution in [3.8, 4) is 0 Å². The lowest BCUT2D eigenvalue weighted by Crippen LogP contribution is -2.44. The SMILES string of the molecule is Cc1nc2c(c(N3CCNCC3)n1)C1CCC(C)CC1S2. The number of nitrogens with one attached hydrogen (secondary N) is 1. The van der Waals surface area contributed by atoms with Crippen LogP contribution in [0.15, 0.2) is 5.03 Å². The number of hydrogen-bond acceptors (Lipinski definition) is 5. The minimum atomic E-state index is 0.687. The number of thioether (sulfide) groups is 1. The molecule has 114 valence electrons. The number of fused-ring (bicyclic) bond motifs is 3. The van der Waals surface area contributed by atoms with E-state index in [-0.39, 0.29) is 0 Å². The standard InChI is InChI=1S/C16H24N4S/c1-10-3-4-12-13(9-10)21-16-14(12)15(18-11(2)19-16)20-7-5-17-6-8-20/h10,12-13,17H,3-9H2,1-2H3. The Morgan fingerprint density at radius 2 is 2.00 bits per heavy atom. The van der Waals surface area contributed by atoms with Crippen LogP contribution in [0.3, 0.4) is 0 Å². The molecule has 3 aliphatic rings. The van der Waals surface area contributed by atoms with Crippen molar-refractivity contribution in [1.82, 2.24) is 15.3 Å². The second-order valence-electron chi connectivity index (χ2n) is 6.73. The van der Waals surface area contributed by atoms with Gasteiger partial charge in [0.05, 0.1) is 0 Å². The zero-order valence-corrected chi connectivity index (χ0v) is 13.7. The van der Waals surface area contributed by atoms with Gasteiger partial charge in [-0.25, -0.2) is 9.97 Å². The largest absolute Gasteiger partial charge is 0.354 e. The van der Waals surface area contributed by atoms with Gasteiger partial charge in [0, 0.05) is 42.9 Å². The predicted molar refractivity (Wildman–Crippen MR) is 87.3 cm³/mol. The highest BCUT2D eigenvalue weighted by atomic mass is 32.2. The van der Waals surface area contributed by atoms with Gasteiger partial charge in [-0.15, -0.1) is 11.8 Å². The Labute approximate surface area is 131 Å². The molecule has 1 saturated carbocycles. The van der Waals surface area contributed by atoms with Crippen LogP contribution in [0.4, 0.5) is 5.82 Å². The van der Waals surface area contributed by atoms with Gasteiger partial charge in [0.1, 0.15) is 16.7 Å². The van der Waals surface area contributed by atoms with Crippen molar-refractivity contribution in [2.75, 3.05) is 31.1 Å². The third-order valence-corrected chi connectivity index (χ3v) is 6.46. The molecule has 2 aliphatic heterocycles. The minimum Gasteiger partial charge on any atom is -0.354 e. The molecule has 4 nitrogen and oxygen atoms in total. The maximum atomic E-state index is 4.85. The van der Waals surface area contributed by atoms with E-state index in [0.29, 0.717) is 5.92 Å². The third-order valence-electron chi connectivity index (χ3n) is 5.11. The molecule has 3 atom stereocenters. The molecule has 0 radical (unpaired) electrons. The Bertz CT molecular complexity index is 541. The number of piperazine rings is 1. The number of hydrogen-bond donors (Lipinski definition) is 1. The Morgan fingerprint density at radius 3 is 2.81 bits per heavy atom. The molecule has 0 bridgehead atoms. The van der Waals surface area contributed by atoms with E-state index >= 15 is 0 Å². The zero-order valence-electron chi connectivity index (χ0n) is 12.9. The van der Waals surface area contributed by atoms with Crippen LogP contribution in [0.1, 0.15) is 43.5 Å². The average Bonchev–Trinajstić information content (AvgIpc) is 2.84. The second-order valence-corrected chi connectivity index (χ2v) is 7.96. The van der Waals surface area contributed by atoms with Crippen LogP contribution in [0.5, 0.6) is 0 Å². The summed E-state index contributed by atoms with van der Waals surface area (Å²) < 4.78 is 0. The van der Waals surface area contributed by atoms with Crippen molar-refractivity contribution in [3.63, 3.8) is 0 Å². The first kappa shape index (κ1) is 13.8. The molecule has 3 heterocycles. The van der Waals surface area contributed by atoms with Crippen LogP contribution in [0.2, 0.25) is 0 Å². The quantitative estimate of drug-likeness (QED) is 0.808. The van der Waals surface area contributed by atoms with Crippen molar-refractivity contribution in [2.24, 2.45) is 5.92 Å². The molecule has 2 fully saturated rings. The van der Waals surface area contributed by atoms with Crippen molar-refractivity contribution < 1.29 is 0 Å². The van der Waals surface area contributed by atoms with E-state index in [0.717, 1.165) is 43.2 Å². The van der Waals surface area contributed by atoms with Crippen LogP contribution < -0.4 is 10.2 Å². The van der Waals surface area contributed by atoms with Gasteiger partial charge in [-0.3, -0.25) is 0 Å². The molecule has 1 N–H and O–H groups in total. The molecule has 0 amide bonds. The summed E-state index contributed by atoms with van der Waals surface area (Å²) in [5.41, 5.74) is 1.48. The number of aromatic nitrogens is 2. The van der Waals surface area contributed by atoms with E-state index in [1.54, 1.807) is 0 Å². The van der Waals surface area contributed by atoms with Crippen molar-refractivity contribution in [3.05, 3.63) is 11.4 Å². The molecule has 21 heavy (non-hydrogen) atoms. The molecule has 4 rings (SSSR count). The summed E-state index contributed by atoms with van der Waals surface area (Å²) in [6.07, 6.45) is 4.01. The molecule has 1 aromatic rings. The van der Waals surface area contributed by atoms with E-state index in [1.165, 1.54) is 35.7 Å². The molecule has 0 spiro atoms. The summed E-state index contributed by atoms with van der Waals surface area (Å²) in [6, 6.07) is 0. The van der Waals surface area contributed by atoms with Gasteiger partial charge in [-0.05, 0) is 25.7 Å². The summed E-state index contributed by atoms with van der Waals surface area (Å²) in [4.78, 5) is 12.1. The lowest BCUT2D eigenvalue weighted by atomic mass is 9.79. The van der Waals surface area contributed by atoms with Gasteiger partial charge >= 0.3 is 0 Å². The first-order chi connectivity index (χ1) is 10.2. The molecule has 1 aliphatic carbocycles. The highest BCUT2D eigenvalue weighted by Crippen LogP contribution is 2.54. The van der Waals surface area contributed by atoms with Gasteiger partial charge in [0.15, 0.2) is 0 Å². The van der Waals surface area contributed by atoms with Gasteiger partial charge in [0.2, 0.25) is 0 Å². The van der Waals surface area contributed by atoms with Gasteiger partial charge in [0.25, 0.3) is 0 Å². The Balaban J connectivity index is 1.73. The summed E-state index contributed by atoms with van der Waals surface area (Å²) >= 11 is 2.02. The van der Waals surface area contributed by atoms with E-state index in [4.69, 9.17) is 9.97 Å². The Hall–Kier alpha value is -0.810. The molecule has 5 heteroatoms. The van der Waals surface area contributed by atoms with Crippen LogP contribution in [0.25, 0.3) is 0 Å². The lowest BCUT2D eigenvalue weighted by molar-refractivity contribution is 0.360. The number of aryl methyl sites for hydroxylation is 1. The third kappa shape index (κ3) is 2.44. The highest BCUT2D eigenvalue weighted by Gasteiger charge is 2.41. The van der Waals surface area contributed by atoms with Gasteiger partial charge in [-0.2, -0.15) is 0 Å². The van der Waals surface area contributed by atoms with E-state index < -0.39 is 0 Å². The smallest absolute Gasteiger partial charge is 0.137 e. The zero-order chi connectivity index (χ0) is 14.4. The molecule has 1 aromatic heterocycles. The maximum absolute atomic E-state index is 4.85. The average molecular weight is 304 g/mol. The molecular weight excluding hydrogens is 280 g/mol. The summed E-state index contributed by atoms with van der Waals surface area (Å²) in [6.45, 7) is 8.71. The first-order valence-electron chi connectivity index (χ1n) is 8.23. The fraction of sp³-hybridized carbons (Fsp3) is 0.750. The van der Waals surface area contributed by atoms with Gasteiger partial charge in [-0.1, -0.05) is 13.3 Å². The van der Waals surface area contributed by atoms with Crippen molar-refractivity contribution in [2.45, 2.75) is 49.3 Å². The van der Waals surface area contributed by atoms with Gasteiger partial charge < -0.3 is 10.2 Å². The van der Waals surface area contributed by atoms with Crippen LogP contribution >= 0.6 is 11.8 Å². The van der Waals surface area contributed by atoms with E-state index in [9.17, 15) is 0 Å². The summed E-state index contributed by atoms with van der Waals surface area (Å²) in [7, 11) is 0. The fourth-order valence-electron chi connectivity index (χ4n) is 4.01. The van der Waals surface area contributed by atoms with Crippen LogP contribution in [-0.2, 0) is 0 Å². The topological polar surface area (TPSA) is 41.1 Å². The van der Waals surface area contributed by atoms with E-state index in [1.807, 2.05) is 18.7 Å². The Kier molecular flexibility index (Phi) is 3.58. The molecular formula is C16H24N4S. The second kappa shape index (κ2) is 5.43. The minimum absolute atomic E-state index is 0.687. The summed E-state index contributed by atoms with van der Waals surface area (Å²) in [5, 5.41) is 5.45. The molecule has 0 aromatic carbocycles.